The number of carbonyl (C=O) groups is 2. The van der Waals surface area contributed by atoms with Gasteiger partial charge >= 0.3 is 6.03 Å². The van der Waals surface area contributed by atoms with Crippen LogP contribution in [0, 0.1) is 0 Å². The van der Waals surface area contributed by atoms with Crippen LogP contribution >= 0.6 is 0 Å². The quantitative estimate of drug-likeness (QED) is 0.680. The highest BCUT2D eigenvalue weighted by molar-refractivity contribution is 5.96. The summed E-state index contributed by atoms with van der Waals surface area (Å²) in [7, 11) is 0. The first-order chi connectivity index (χ1) is 10.7. The number of carbonyl (C=O) groups excluding carboxylic acids is 2. The Morgan fingerprint density at radius 3 is 2.36 bits per heavy atom. The highest BCUT2D eigenvalue weighted by atomic mass is 16.3. The Morgan fingerprint density at radius 1 is 0.909 bits per heavy atom. The number of amides is 3. The molecule has 3 amide bonds. The fraction of sp³-hybridized carbons (Fsp3) is 0.125. The van der Waals surface area contributed by atoms with Crippen LogP contribution in [-0.2, 0) is 11.4 Å². The van der Waals surface area contributed by atoms with E-state index in [4.69, 9.17) is 5.11 Å². The smallest absolute Gasteiger partial charge is 0.319 e. The molecule has 0 fully saturated rings. The molecular formula is C16H17N3O3. The molecule has 0 aliphatic carbocycles. The lowest BCUT2D eigenvalue weighted by molar-refractivity contribution is -0.115. The van der Waals surface area contributed by atoms with Crippen molar-refractivity contribution < 1.29 is 14.7 Å². The summed E-state index contributed by atoms with van der Waals surface area (Å²) in [6, 6.07) is 15.3. The van der Waals surface area contributed by atoms with E-state index in [1.165, 1.54) is 0 Å². The molecular weight excluding hydrogens is 282 g/mol. The molecule has 0 bridgehead atoms. The molecule has 114 valence electrons. The number of anilines is 2. The third-order valence-electron chi connectivity index (χ3n) is 2.83. The summed E-state index contributed by atoms with van der Waals surface area (Å²) in [6.45, 7) is -0.239. The first kappa shape index (κ1) is 15.5. The zero-order valence-corrected chi connectivity index (χ0v) is 11.9. The predicted molar refractivity (Wildman–Crippen MR) is 84.5 cm³/mol. The second-order valence-corrected chi connectivity index (χ2v) is 4.58. The first-order valence-electron chi connectivity index (χ1n) is 6.77. The van der Waals surface area contributed by atoms with Gasteiger partial charge in [-0.25, -0.2) is 4.79 Å². The number of rotatable bonds is 5. The van der Waals surface area contributed by atoms with Crippen LogP contribution < -0.4 is 16.0 Å². The molecule has 22 heavy (non-hydrogen) atoms. The van der Waals surface area contributed by atoms with Gasteiger partial charge in [0.1, 0.15) is 0 Å². The van der Waals surface area contributed by atoms with Gasteiger partial charge in [-0.1, -0.05) is 30.3 Å². The van der Waals surface area contributed by atoms with E-state index in [0.29, 0.717) is 16.9 Å². The zero-order valence-electron chi connectivity index (χ0n) is 11.9. The lowest BCUT2D eigenvalue weighted by Crippen LogP contribution is -2.35. The van der Waals surface area contributed by atoms with Crippen LogP contribution in [0.2, 0.25) is 0 Å². The topological polar surface area (TPSA) is 90.5 Å². The molecule has 4 N–H and O–H groups in total. The highest BCUT2D eigenvalue weighted by Gasteiger charge is 2.06. The van der Waals surface area contributed by atoms with Crippen LogP contribution in [0.1, 0.15) is 5.56 Å². The van der Waals surface area contributed by atoms with Gasteiger partial charge in [0.05, 0.1) is 13.2 Å². The van der Waals surface area contributed by atoms with Gasteiger partial charge in [0.15, 0.2) is 0 Å². The fourth-order valence-corrected chi connectivity index (χ4v) is 1.81. The van der Waals surface area contributed by atoms with Gasteiger partial charge in [-0.05, 0) is 29.8 Å². The van der Waals surface area contributed by atoms with E-state index in [2.05, 4.69) is 16.0 Å². The number of nitrogens with one attached hydrogen (secondary N) is 3. The monoisotopic (exact) mass is 299 g/mol. The number of aliphatic hydroxyl groups is 1. The van der Waals surface area contributed by atoms with Gasteiger partial charge in [-0.3, -0.25) is 4.79 Å². The average molecular weight is 299 g/mol. The van der Waals surface area contributed by atoms with Crippen molar-refractivity contribution in [3.8, 4) is 0 Å². The van der Waals surface area contributed by atoms with Crippen molar-refractivity contribution in [2.75, 3.05) is 17.2 Å². The van der Waals surface area contributed by atoms with Crippen molar-refractivity contribution in [3.05, 3.63) is 60.2 Å². The lowest BCUT2D eigenvalue weighted by atomic mass is 10.2. The third kappa shape index (κ3) is 4.92. The zero-order chi connectivity index (χ0) is 15.8. The second kappa shape index (κ2) is 7.80. The van der Waals surface area contributed by atoms with Gasteiger partial charge in [0.25, 0.3) is 0 Å². The molecule has 0 saturated heterocycles. The summed E-state index contributed by atoms with van der Waals surface area (Å²) < 4.78 is 0. The van der Waals surface area contributed by atoms with Crippen LogP contribution in [0.3, 0.4) is 0 Å². The summed E-state index contributed by atoms with van der Waals surface area (Å²) in [4.78, 5) is 23.4. The Hall–Kier alpha value is -2.86. The number of hydrogen-bond donors (Lipinski definition) is 4. The van der Waals surface area contributed by atoms with Gasteiger partial charge < -0.3 is 21.1 Å². The predicted octanol–water partition coefficient (Wildman–Crippen LogP) is 1.94. The lowest BCUT2D eigenvalue weighted by Gasteiger charge is -2.09. The van der Waals surface area contributed by atoms with E-state index in [9.17, 15) is 9.59 Å². The molecule has 6 heteroatoms. The van der Waals surface area contributed by atoms with Crippen LogP contribution in [0.15, 0.2) is 54.6 Å². The molecule has 2 rings (SSSR count). The van der Waals surface area contributed by atoms with Crippen LogP contribution in [-0.4, -0.2) is 23.6 Å². The SMILES string of the molecule is O=C(CNC(=O)Nc1cccc(CO)c1)Nc1ccccc1. The Morgan fingerprint density at radius 2 is 1.64 bits per heavy atom. The van der Waals surface area contributed by atoms with Gasteiger partial charge in [-0.15, -0.1) is 0 Å². The molecule has 0 aliphatic rings. The van der Waals surface area contributed by atoms with Gasteiger partial charge in [0.2, 0.25) is 5.91 Å². The van der Waals surface area contributed by atoms with E-state index >= 15 is 0 Å². The summed E-state index contributed by atoms with van der Waals surface area (Å²) in [5.74, 6) is -0.314. The number of hydrogen-bond acceptors (Lipinski definition) is 3. The second-order valence-electron chi connectivity index (χ2n) is 4.58. The molecule has 0 unspecified atom stereocenters. The van der Waals surface area contributed by atoms with Crippen molar-refractivity contribution >= 4 is 23.3 Å². The van der Waals surface area contributed by atoms with Gasteiger partial charge in [-0.2, -0.15) is 0 Å². The standard InChI is InChI=1S/C16H17N3O3/c20-11-12-5-4-8-14(9-12)19-16(22)17-10-15(21)18-13-6-2-1-3-7-13/h1-9,20H,10-11H2,(H,18,21)(H2,17,19,22). The summed E-state index contributed by atoms with van der Waals surface area (Å²) in [5.41, 5.74) is 1.91. The molecule has 0 heterocycles. The Kier molecular flexibility index (Phi) is 5.50. The molecule has 0 atom stereocenters. The van der Waals surface area contributed by atoms with E-state index < -0.39 is 6.03 Å². The largest absolute Gasteiger partial charge is 0.392 e. The average Bonchev–Trinajstić information content (AvgIpc) is 2.54. The minimum atomic E-state index is -0.488. The number of urea groups is 1. The van der Waals surface area contributed by atoms with E-state index in [1.54, 1.807) is 36.4 Å². The number of benzene rings is 2. The van der Waals surface area contributed by atoms with E-state index in [1.807, 2.05) is 18.2 Å². The van der Waals surface area contributed by atoms with Crippen molar-refractivity contribution in [3.63, 3.8) is 0 Å². The van der Waals surface area contributed by atoms with Crippen LogP contribution in [0.4, 0.5) is 16.2 Å². The van der Waals surface area contributed by atoms with E-state index in [-0.39, 0.29) is 19.1 Å². The molecule has 2 aromatic rings. The molecule has 0 saturated carbocycles. The normalized spacial score (nSPS) is 9.86. The first-order valence-corrected chi connectivity index (χ1v) is 6.77. The van der Waals surface area contributed by atoms with Crippen molar-refractivity contribution in [2.45, 2.75) is 6.61 Å². The van der Waals surface area contributed by atoms with Crippen LogP contribution in [0.25, 0.3) is 0 Å². The third-order valence-corrected chi connectivity index (χ3v) is 2.83. The van der Waals surface area contributed by atoms with Crippen molar-refractivity contribution in [2.24, 2.45) is 0 Å². The maximum Gasteiger partial charge on any atom is 0.319 e. The number of aliphatic hydroxyl groups excluding tert-OH is 1. The Labute approximate surface area is 128 Å². The van der Waals surface area contributed by atoms with Crippen molar-refractivity contribution in [1.29, 1.82) is 0 Å². The minimum Gasteiger partial charge on any atom is -0.392 e. The molecule has 0 aliphatic heterocycles. The molecule has 2 aromatic carbocycles. The molecule has 0 aromatic heterocycles. The molecule has 0 radical (unpaired) electrons. The van der Waals surface area contributed by atoms with E-state index in [0.717, 1.165) is 0 Å². The summed E-state index contributed by atoms with van der Waals surface area (Å²) in [5, 5.41) is 16.8. The molecule has 0 spiro atoms. The summed E-state index contributed by atoms with van der Waals surface area (Å²) in [6.07, 6.45) is 0. The van der Waals surface area contributed by atoms with Crippen LogP contribution in [0.5, 0.6) is 0 Å². The fourth-order valence-electron chi connectivity index (χ4n) is 1.81. The summed E-state index contributed by atoms with van der Waals surface area (Å²) >= 11 is 0. The number of para-hydroxylation sites is 1. The van der Waals surface area contributed by atoms with Gasteiger partial charge in [0, 0.05) is 11.4 Å². The van der Waals surface area contributed by atoms with Crippen molar-refractivity contribution in [1.82, 2.24) is 5.32 Å². The highest BCUT2D eigenvalue weighted by Crippen LogP contribution is 2.10. The Bertz CT molecular complexity index is 644. The maximum atomic E-state index is 11.7. The Balaban J connectivity index is 1.78. The minimum absolute atomic E-state index is 0.101. The maximum absolute atomic E-state index is 11.7. The molecule has 6 nitrogen and oxygen atoms in total.